The van der Waals surface area contributed by atoms with Crippen LogP contribution in [0.25, 0.3) is 0 Å². The first-order valence-electron chi connectivity index (χ1n) is 9.67. The minimum atomic E-state index is 0.0176. The molecule has 1 aromatic carbocycles. The van der Waals surface area contributed by atoms with E-state index in [1.165, 1.54) is 5.56 Å². The van der Waals surface area contributed by atoms with E-state index in [1.54, 1.807) is 0 Å². The zero-order chi connectivity index (χ0) is 18.2. The SMILES string of the molecule is CCCCCNC(=O)C1CCC(C(=O)Nc2cccc(C)c2C)CC1. The maximum absolute atomic E-state index is 12.5. The van der Waals surface area contributed by atoms with Crippen LogP contribution in [0.1, 0.15) is 63.0 Å². The molecule has 4 heteroatoms. The van der Waals surface area contributed by atoms with Crippen LogP contribution in [0.3, 0.4) is 0 Å². The topological polar surface area (TPSA) is 58.2 Å². The average Bonchev–Trinajstić information content (AvgIpc) is 2.62. The van der Waals surface area contributed by atoms with Crippen molar-refractivity contribution in [2.24, 2.45) is 11.8 Å². The summed E-state index contributed by atoms with van der Waals surface area (Å²) in [6, 6.07) is 5.97. The minimum absolute atomic E-state index is 0.0176. The summed E-state index contributed by atoms with van der Waals surface area (Å²) in [6.07, 6.45) is 6.58. The summed E-state index contributed by atoms with van der Waals surface area (Å²) in [5, 5.41) is 6.12. The van der Waals surface area contributed by atoms with Gasteiger partial charge >= 0.3 is 0 Å². The van der Waals surface area contributed by atoms with Crippen molar-refractivity contribution in [2.75, 3.05) is 11.9 Å². The zero-order valence-electron chi connectivity index (χ0n) is 15.9. The second-order valence-corrected chi connectivity index (χ2v) is 7.28. The van der Waals surface area contributed by atoms with Crippen LogP contribution in [0.15, 0.2) is 18.2 Å². The average molecular weight is 344 g/mol. The number of anilines is 1. The molecule has 2 rings (SSSR count). The van der Waals surface area contributed by atoms with Gasteiger partial charge in [0, 0.05) is 24.1 Å². The van der Waals surface area contributed by atoms with Crippen molar-refractivity contribution >= 4 is 17.5 Å². The van der Waals surface area contributed by atoms with Gasteiger partial charge in [-0.15, -0.1) is 0 Å². The van der Waals surface area contributed by atoms with Gasteiger partial charge in [0.1, 0.15) is 0 Å². The van der Waals surface area contributed by atoms with Gasteiger partial charge in [0.05, 0.1) is 0 Å². The molecule has 4 nitrogen and oxygen atoms in total. The second kappa shape index (κ2) is 9.59. The molecule has 0 bridgehead atoms. The van der Waals surface area contributed by atoms with Crippen molar-refractivity contribution in [1.82, 2.24) is 5.32 Å². The third-order valence-electron chi connectivity index (χ3n) is 5.41. The monoisotopic (exact) mass is 344 g/mol. The van der Waals surface area contributed by atoms with E-state index in [-0.39, 0.29) is 23.7 Å². The Hall–Kier alpha value is -1.84. The van der Waals surface area contributed by atoms with Crippen LogP contribution in [0, 0.1) is 25.7 Å². The summed E-state index contributed by atoms with van der Waals surface area (Å²) >= 11 is 0. The van der Waals surface area contributed by atoms with E-state index in [2.05, 4.69) is 30.5 Å². The molecule has 0 heterocycles. The fourth-order valence-electron chi connectivity index (χ4n) is 3.47. The number of aryl methyl sites for hydroxylation is 1. The fraction of sp³-hybridized carbons (Fsp3) is 0.619. The van der Waals surface area contributed by atoms with E-state index in [4.69, 9.17) is 0 Å². The Morgan fingerprint density at radius 3 is 2.28 bits per heavy atom. The van der Waals surface area contributed by atoms with E-state index in [9.17, 15) is 9.59 Å². The third kappa shape index (κ3) is 5.58. The molecule has 0 unspecified atom stereocenters. The van der Waals surface area contributed by atoms with Crippen LogP contribution in [0.4, 0.5) is 5.69 Å². The van der Waals surface area contributed by atoms with Crippen molar-refractivity contribution in [3.8, 4) is 0 Å². The largest absolute Gasteiger partial charge is 0.356 e. The van der Waals surface area contributed by atoms with Crippen molar-refractivity contribution in [2.45, 2.75) is 65.7 Å². The van der Waals surface area contributed by atoms with Gasteiger partial charge in [-0.2, -0.15) is 0 Å². The predicted molar refractivity (Wildman–Crippen MR) is 103 cm³/mol. The van der Waals surface area contributed by atoms with Crippen molar-refractivity contribution in [3.63, 3.8) is 0 Å². The van der Waals surface area contributed by atoms with E-state index in [0.29, 0.717) is 0 Å². The number of unbranched alkanes of at least 4 members (excludes halogenated alkanes) is 2. The van der Waals surface area contributed by atoms with Gasteiger partial charge in [-0.3, -0.25) is 9.59 Å². The van der Waals surface area contributed by atoms with Crippen LogP contribution in [-0.4, -0.2) is 18.4 Å². The first-order valence-corrected chi connectivity index (χ1v) is 9.67. The number of amides is 2. The molecular formula is C21H32N2O2. The molecule has 1 aromatic rings. The van der Waals surface area contributed by atoms with Crippen molar-refractivity contribution in [1.29, 1.82) is 0 Å². The molecule has 25 heavy (non-hydrogen) atoms. The summed E-state index contributed by atoms with van der Waals surface area (Å²) in [6.45, 7) is 7.02. The molecule has 0 radical (unpaired) electrons. The van der Waals surface area contributed by atoms with Crippen molar-refractivity contribution in [3.05, 3.63) is 29.3 Å². The van der Waals surface area contributed by atoms with Crippen molar-refractivity contribution < 1.29 is 9.59 Å². The molecule has 138 valence electrons. The number of carbonyl (C=O) groups excluding carboxylic acids is 2. The highest BCUT2D eigenvalue weighted by atomic mass is 16.2. The van der Waals surface area contributed by atoms with Gasteiger partial charge in [0.15, 0.2) is 0 Å². The second-order valence-electron chi connectivity index (χ2n) is 7.28. The molecule has 1 aliphatic rings. The summed E-state index contributed by atoms with van der Waals surface area (Å²) in [5.74, 6) is 0.357. The summed E-state index contributed by atoms with van der Waals surface area (Å²) in [4.78, 5) is 24.7. The highest BCUT2D eigenvalue weighted by Gasteiger charge is 2.29. The minimum Gasteiger partial charge on any atom is -0.356 e. The van der Waals surface area contributed by atoms with Crippen LogP contribution in [0.2, 0.25) is 0 Å². The Labute approximate surface area is 151 Å². The zero-order valence-corrected chi connectivity index (χ0v) is 15.9. The lowest BCUT2D eigenvalue weighted by Crippen LogP contribution is -2.36. The Morgan fingerprint density at radius 2 is 1.64 bits per heavy atom. The van der Waals surface area contributed by atoms with Crippen LogP contribution >= 0.6 is 0 Å². The lowest BCUT2D eigenvalue weighted by Gasteiger charge is -2.27. The number of carbonyl (C=O) groups is 2. The highest BCUT2D eigenvalue weighted by Crippen LogP contribution is 2.30. The smallest absolute Gasteiger partial charge is 0.227 e. The maximum atomic E-state index is 12.5. The van der Waals surface area contributed by atoms with Crippen LogP contribution in [0.5, 0.6) is 0 Å². The predicted octanol–water partition coefficient (Wildman–Crippen LogP) is 4.35. The van der Waals surface area contributed by atoms with E-state index < -0.39 is 0 Å². The molecule has 1 aliphatic carbocycles. The van der Waals surface area contributed by atoms with Gasteiger partial charge in [-0.25, -0.2) is 0 Å². The molecular weight excluding hydrogens is 312 g/mol. The lowest BCUT2D eigenvalue weighted by molar-refractivity contribution is -0.128. The summed E-state index contributed by atoms with van der Waals surface area (Å²) < 4.78 is 0. The normalized spacial score (nSPS) is 20.1. The molecule has 2 amide bonds. The highest BCUT2D eigenvalue weighted by molar-refractivity contribution is 5.93. The van der Waals surface area contributed by atoms with Crippen LogP contribution < -0.4 is 10.6 Å². The number of rotatable bonds is 7. The van der Waals surface area contributed by atoms with Gasteiger partial charge < -0.3 is 10.6 Å². The Kier molecular flexibility index (Phi) is 7.48. The van der Waals surface area contributed by atoms with Crippen LogP contribution in [-0.2, 0) is 9.59 Å². The molecule has 1 fully saturated rings. The third-order valence-corrected chi connectivity index (χ3v) is 5.41. The molecule has 0 atom stereocenters. The molecule has 2 N–H and O–H groups in total. The summed E-state index contributed by atoms with van der Waals surface area (Å²) in [5.41, 5.74) is 3.21. The molecule has 0 saturated heterocycles. The molecule has 1 saturated carbocycles. The Morgan fingerprint density at radius 1 is 1.00 bits per heavy atom. The first-order chi connectivity index (χ1) is 12.0. The fourth-order valence-corrected chi connectivity index (χ4v) is 3.47. The Bertz CT molecular complexity index is 590. The van der Waals surface area contributed by atoms with Gasteiger partial charge in [0.25, 0.3) is 0 Å². The number of benzene rings is 1. The van der Waals surface area contributed by atoms with E-state index >= 15 is 0 Å². The standard InChI is InChI=1S/C21H32N2O2/c1-4-5-6-14-22-20(24)17-10-12-18(13-11-17)21(25)23-19-9-7-8-15(2)16(19)3/h7-9,17-18H,4-6,10-14H2,1-3H3,(H,22,24)(H,23,25). The van der Waals surface area contributed by atoms with Gasteiger partial charge in [0.2, 0.25) is 11.8 Å². The molecule has 0 aliphatic heterocycles. The number of hydrogen-bond donors (Lipinski definition) is 2. The molecule has 0 aromatic heterocycles. The van der Waals surface area contributed by atoms with E-state index in [1.807, 2.05) is 19.1 Å². The summed E-state index contributed by atoms with van der Waals surface area (Å²) in [7, 11) is 0. The number of nitrogens with one attached hydrogen (secondary N) is 2. The molecule has 0 spiro atoms. The lowest BCUT2D eigenvalue weighted by atomic mass is 9.81. The first kappa shape index (κ1) is 19.5. The quantitative estimate of drug-likeness (QED) is 0.722. The van der Waals surface area contributed by atoms with Gasteiger partial charge in [-0.05, 0) is 63.1 Å². The Balaban J connectivity index is 1.78. The van der Waals surface area contributed by atoms with E-state index in [0.717, 1.165) is 62.7 Å². The number of hydrogen-bond acceptors (Lipinski definition) is 2. The van der Waals surface area contributed by atoms with Gasteiger partial charge in [-0.1, -0.05) is 31.9 Å². The maximum Gasteiger partial charge on any atom is 0.227 e.